The number of anilines is 1. The van der Waals surface area contributed by atoms with E-state index in [4.69, 9.17) is 9.15 Å². The molecule has 0 spiro atoms. The highest BCUT2D eigenvalue weighted by molar-refractivity contribution is 6.12. The van der Waals surface area contributed by atoms with Crippen molar-refractivity contribution < 1.29 is 13.9 Å². The second-order valence-corrected chi connectivity index (χ2v) is 7.24. The minimum Gasteiger partial charge on any atom is -0.497 e. The quantitative estimate of drug-likeness (QED) is 0.396. The van der Waals surface area contributed by atoms with E-state index < -0.39 is 11.2 Å². The van der Waals surface area contributed by atoms with Crippen molar-refractivity contribution in [2.75, 3.05) is 12.4 Å². The lowest BCUT2D eigenvalue weighted by molar-refractivity contribution is 0.241. The number of ether oxygens (including phenoxy) is 1. The zero-order valence-electron chi connectivity index (χ0n) is 15.9. The molecule has 3 aromatic carbocycles. The van der Waals surface area contributed by atoms with E-state index in [1.807, 2.05) is 48.5 Å². The summed E-state index contributed by atoms with van der Waals surface area (Å²) in [6.45, 7) is 1.80. The van der Waals surface area contributed by atoms with Crippen LogP contribution >= 0.6 is 0 Å². The van der Waals surface area contributed by atoms with Gasteiger partial charge in [0.1, 0.15) is 11.3 Å². The molecule has 144 valence electrons. The molecule has 0 saturated carbocycles. The third-order valence-corrected chi connectivity index (χ3v) is 5.57. The van der Waals surface area contributed by atoms with Gasteiger partial charge < -0.3 is 19.8 Å². The summed E-state index contributed by atoms with van der Waals surface area (Å²) >= 11 is 0. The molecule has 0 aliphatic carbocycles. The van der Waals surface area contributed by atoms with E-state index in [9.17, 15) is 9.59 Å². The van der Waals surface area contributed by atoms with Gasteiger partial charge in [0, 0.05) is 10.8 Å². The molecule has 6 heteroatoms. The molecular formula is C23H18N2O4. The topological polar surface area (TPSA) is 80.6 Å². The number of urea groups is 1. The number of methoxy groups -OCH3 is 1. The maximum absolute atomic E-state index is 13.2. The van der Waals surface area contributed by atoms with Crippen LogP contribution in [0.2, 0.25) is 0 Å². The van der Waals surface area contributed by atoms with Crippen molar-refractivity contribution in [2.45, 2.75) is 12.5 Å². The van der Waals surface area contributed by atoms with Crippen molar-refractivity contribution in [1.82, 2.24) is 5.32 Å². The Bertz CT molecular complexity index is 1340. The third-order valence-electron chi connectivity index (χ3n) is 5.57. The highest BCUT2D eigenvalue weighted by Gasteiger charge is 2.41. The largest absolute Gasteiger partial charge is 0.497 e. The van der Waals surface area contributed by atoms with Crippen LogP contribution in [0.5, 0.6) is 5.75 Å². The predicted octanol–water partition coefficient (Wildman–Crippen LogP) is 4.35. The first-order chi connectivity index (χ1) is 14.0. The van der Waals surface area contributed by atoms with Crippen LogP contribution in [0.4, 0.5) is 10.5 Å². The molecule has 2 amide bonds. The molecular weight excluding hydrogens is 368 g/mol. The number of nitrogens with one attached hydrogen (secondary N) is 2. The molecule has 0 saturated heterocycles. The fraction of sp³-hybridized carbons (Fsp3) is 0.130. The Kier molecular flexibility index (Phi) is 3.64. The van der Waals surface area contributed by atoms with E-state index >= 15 is 0 Å². The van der Waals surface area contributed by atoms with Gasteiger partial charge in [0.05, 0.1) is 23.9 Å². The normalized spacial score (nSPS) is 18.2. The van der Waals surface area contributed by atoms with Crippen LogP contribution < -0.4 is 21.0 Å². The SMILES string of the molecule is COc1ccc(C2(C)NC(=O)Nc3c2c(=O)oc2c3ccc3ccccc32)cc1. The Hall–Kier alpha value is -3.80. The molecule has 0 fully saturated rings. The van der Waals surface area contributed by atoms with Crippen molar-refractivity contribution in [3.05, 3.63) is 82.2 Å². The van der Waals surface area contributed by atoms with Crippen molar-refractivity contribution in [3.63, 3.8) is 0 Å². The first-order valence-corrected chi connectivity index (χ1v) is 9.24. The summed E-state index contributed by atoms with van der Waals surface area (Å²) in [6.07, 6.45) is 0. The van der Waals surface area contributed by atoms with E-state index in [0.717, 1.165) is 16.3 Å². The minimum absolute atomic E-state index is 0.366. The van der Waals surface area contributed by atoms with Crippen LogP contribution in [0.25, 0.3) is 21.7 Å². The fourth-order valence-corrected chi connectivity index (χ4v) is 4.09. The van der Waals surface area contributed by atoms with Crippen LogP contribution in [-0.2, 0) is 5.54 Å². The van der Waals surface area contributed by atoms with Gasteiger partial charge in [0.25, 0.3) is 0 Å². The lowest BCUT2D eigenvalue weighted by atomic mass is 9.82. The molecule has 1 atom stereocenters. The maximum atomic E-state index is 13.2. The Balaban J connectivity index is 1.84. The number of amides is 2. The minimum atomic E-state index is -1.05. The number of hydrogen-bond acceptors (Lipinski definition) is 4. The van der Waals surface area contributed by atoms with Gasteiger partial charge in [-0.2, -0.15) is 0 Å². The third kappa shape index (κ3) is 2.49. The van der Waals surface area contributed by atoms with Gasteiger partial charge in [-0.1, -0.05) is 42.5 Å². The number of benzene rings is 3. The van der Waals surface area contributed by atoms with Crippen LogP contribution in [0, 0.1) is 0 Å². The van der Waals surface area contributed by atoms with Crippen molar-refractivity contribution in [2.24, 2.45) is 0 Å². The monoisotopic (exact) mass is 386 g/mol. The van der Waals surface area contributed by atoms with Crippen molar-refractivity contribution in [1.29, 1.82) is 0 Å². The molecule has 1 aliphatic rings. The first-order valence-electron chi connectivity index (χ1n) is 9.24. The summed E-state index contributed by atoms with van der Waals surface area (Å²) in [4.78, 5) is 25.7. The summed E-state index contributed by atoms with van der Waals surface area (Å²) in [7, 11) is 1.59. The molecule has 0 radical (unpaired) electrons. The lowest BCUT2D eigenvalue weighted by Gasteiger charge is -2.36. The smallest absolute Gasteiger partial charge is 0.344 e. The standard InChI is InChI=1S/C23H18N2O4/c1-23(14-8-10-15(28-2)11-9-14)18-19(24-22(27)25-23)17-12-7-13-5-3-4-6-16(13)20(17)29-21(18)26/h3-12H,1-2H3,(H2,24,25,27). The number of carbonyl (C=O) groups is 1. The molecule has 5 rings (SSSR count). The van der Waals surface area contributed by atoms with E-state index in [1.54, 1.807) is 26.2 Å². The molecule has 1 unspecified atom stereocenters. The molecule has 6 nitrogen and oxygen atoms in total. The lowest BCUT2D eigenvalue weighted by Crippen LogP contribution is -2.53. The highest BCUT2D eigenvalue weighted by atomic mass is 16.5. The average Bonchev–Trinajstić information content (AvgIpc) is 2.73. The maximum Gasteiger partial charge on any atom is 0.344 e. The molecule has 4 aromatic rings. The van der Waals surface area contributed by atoms with Crippen LogP contribution in [0.3, 0.4) is 0 Å². The number of hydrogen-bond donors (Lipinski definition) is 2. The number of carbonyl (C=O) groups excluding carboxylic acids is 1. The van der Waals surface area contributed by atoms with Gasteiger partial charge in [-0.3, -0.25) is 0 Å². The van der Waals surface area contributed by atoms with Crippen molar-refractivity contribution in [3.8, 4) is 5.75 Å². The van der Waals surface area contributed by atoms with Gasteiger partial charge >= 0.3 is 11.7 Å². The fourth-order valence-electron chi connectivity index (χ4n) is 4.09. The van der Waals surface area contributed by atoms with Crippen LogP contribution in [0.1, 0.15) is 18.1 Å². The van der Waals surface area contributed by atoms with Gasteiger partial charge in [-0.25, -0.2) is 9.59 Å². The number of fused-ring (bicyclic) bond motifs is 5. The zero-order chi connectivity index (χ0) is 20.2. The summed E-state index contributed by atoms with van der Waals surface area (Å²) in [6, 6.07) is 18.4. The Labute approximate surface area is 166 Å². The van der Waals surface area contributed by atoms with Crippen LogP contribution in [0.15, 0.2) is 69.9 Å². The predicted molar refractivity (Wildman–Crippen MR) is 112 cm³/mol. The Morgan fingerprint density at radius 3 is 2.45 bits per heavy atom. The summed E-state index contributed by atoms with van der Waals surface area (Å²) in [5.41, 5.74) is 0.515. The van der Waals surface area contributed by atoms with E-state index in [-0.39, 0.29) is 6.03 Å². The highest BCUT2D eigenvalue weighted by Crippen LogP contribution is 2.40. The molecule has 0 bridgehead atoms. The molecule has 2 heterocycles. The number of rotatable bonds is 2. The van der Waals surface area contributed by atoms with Gasteiger partial charge in [0.2, 0.25) is 0 Å². The Morgan fingerprint density at radius 1 is 0.931 bits per heavy atom. The van der Waals surface area contributed by atoms with E-state index in [0.29, 0.717) is 28.0 Å². The average molecular weight is 386 g/mol. The second kappa shape index (κ2) is 6.10. The summed E-state index contributed by atoms with van der Waals surface area (Å²) in [5.74, 6) is 0.690. The molecule has 1 aliphatic heterocycles. The van der Waals surface area contributed by atoms with Gasteiger partial charge in [-0.05, 0) is 36.1 Å². The molecule has 29 heavy (non-hydrogen) atoms. The Morgan fingerprint density at radius 2 is 1.69 bits per heavy atom. The zero-order valence-corrected chi connectivity index (χ0v) is 15.9. The van der Waals surface area contributed by atoms with Crippen molar-refractivity contribution >= 4 is 33.5 Å². The summed E-state index contributed by atoms with van der Waals surface area (Å²) < 4.78 is 11.0. The first kappa shape index (κ1) is 17.3. The van der Waals surface area contributed by atoms with E-state index in [1.165, 1.54) is 0 Å². The second-order valence-electron chi connectivity index (χ2n) is 7.24. The summed E-state index contributed by atoms with van der Waals surface area (Å²) in [5, 5.41) is 8.19. The van der Waals surface area contributed by atoms with Gasteiger partial charge in [-0.15, -0.1) is 0 Å². The van der Waals surface area contributed by atoms with Crippen LogP contribution in [-0.4, -0.2) is 13.1 Å². The molecule has 2 N–H and O–H groups in total. The van der Waals surface area contributed by atoms with E-state index in [2.05, 4.69) is 10.6 Å². The van der Waals surface area contributed by atoms with Gasteiger partial charge in [0.15, 0.2) is 0 Å². The molecule has 1 aromatic heterocycles.